The summed E-state index contributed by atoms with van der Waals surface area (Å²) in [6, 6.07) is 8.56. The Bertz CT molecular complexity index is 932. The molecule has 160 valence electrons. The van der Waals surface area contributed by atoms with Crippen molar-refractivity contribution < 1.29 is 35.5 Å². The Morgan fingerprint density at radius 3 is 2.00 bits per heavy atom. The van der Waals surface area contributed by atoms with Crippen LogP contribution in [-0.4, -0.2) is 25.3 Å². The van der Waals surface area contributed by atoms with Crippen LogP contribution >= 0.6 is 0 Å². The number of anilines is 1. The van der Waals surface area contributed by atoms with Gasteiger partial charge in [0.05, 0.1) is 11.3 Å². The molecule has 2 aromatic rings. The molecular weight excluding hydrogens is 419 g/mol. The van der Waals surface area contributed by atoms with E-state index in [2.05, 4.69) is 5.32 Å². The monoisotopic (exact) mass is 433 g/mol. The Hall–Kier alpha value is -3.29. The molecular formula is C19H14F7N3O. The molecule has 2 rings (SSSR count). The molecule has 4 nitrogen and oxygen atoms in total. The maximum atomic E-state index is 14.0. The predicted molar refractivity (Wildman–Crippen MR) is 93.0 cm³/mol. The fourth-order valence-electron chi connectivity index (χ4n) is 2.63. The van der Waals surface area contributed by atoms with E-state index < -0.39 is 29.5 Å². The zero-order valence-electron chi connectivity index (χ0n) is 15.3. The molecule has 30 heavy (non-hydrogen) atoms. The van der Waals surface area contributed by atoms with E-state index in [0.29, 0.717) is 17.8 Å². The third-order valence-electron chi connectivity index (χ3n) is 4.25. The van der Waals surface area contributed by atoms with E-state index in [4.69, 9.17) is 5.26 Å². The minimum Gasteiger partial charge on any atom is -0.348 e. The summed E-state index contributed by atoms with van der Waals surface area (Å²) in [6.07, 6.45) is -10.6. The van der Waals surface area contributed by atoms with E-state index in [1.54, 1.807) is 12.1 Å². The van der Waals surface area contributed by atoms with Gasteiger partial charge in [0, 0.05) is 19.2 Å². The van der Waals surface area contributed by atoms with E-state index in [1.807, 2.05) is 6.19 Å². The number of hydrogen-bond acceptors (Lipinski definition) is 3. The highest BCUT2D eigenvalue weighted by molar-refractivity contribution is 6.00. The molecule has 0 fully saturated rings. The highest BCUT2D eigenvalue weighted by Crippen LogP contribution is 2.53. The van der Waals surface area contributed by atoms with Crippen LogP contribution in [0, 0.1) is 11.5 Å². The average molecular weight is 433 g/mol. The number of rotatable bonds is 5. The third-order valence-corrected chi connectivity index (χ3v) is 4.25. The zero-order chi connectivity index (χ0) is 22.7. The maximum absolute atomic E-state index is 14.0. The summed E-state index contributed by atoms with van der Waals surface area (Å²) in [4.78, 5) is 13.5. The number of nitrogens with one attached hydrogen (secondary N) is 1. The molecule has 2 aromatic carbocycles. The lowest BCUT2D eigenvalue weighted by Gasteiger charge is -2.30. The van der Waals surface area contributed by atoms with Gasteiger partial charge in [-0.15, -0.1) is 0 Å². The lowest BCUT2D eigenvalue weighted by molar-refractivity contribution is -0.348. The summed E-state index contributed by atoms with van der Waals surface area (Å²) in [5, 5.41) is 11.4. The summed E-state index contributed by atoms with van der Waals surface area (Å²) in [5.74, 6) is -0.623. The molecule has 1 amide bonds. The van der Waals surface area contributed by atoms with Crippen LogP contribution in [-0.2, 0) is 12.2 Å². The normalized spacial score (nSPS) is 12.2. The quantitative estimate of drug-likeness (QED) is 0.418. The van der Waals surface area contributed by atoms with E-state index in [-0.39, 0.29) is 17.7 Å². The largest absolute Gasteiger partial charge is 0.435 e. The van der Waals surface area contributed by atoms with Crippen LogP contribution in [0.4, 0.5) is 36.4 Å². The number of hydrogen-bond donors (Lipinski definition) is 1. The lowest BCUT2D eigenvalue weighted by Crippen LogP contribution is -2.50. The SMILES string of the molecule is CN(C#N)c1ccccc1C(=O)NCc1ccc(C(F)(C(F)(F)F)C(F)(F)F)cc1. The smallest absolute Gasteiger partial charge is 0.348 e. The van der Waals surface area contributed by atoms with Crippen molar-refractivity contribution in [1.82, 2.24) is 5.32 Å². The molecule has 0 aliphatic heterocycles. The first-order valence-corrected chi connectivity index (χ1v) is 8.25. The van der Waals surface area contributed by atoms with Crippen molar-refractivity contribution in [3.8, 4) is 6.19 Å². The number of alkyl halides is 7. The molecule has 1 N–H and O–H groups in total. The third kappa shape index (κ3) is 4.32. The molecule has 0 radical (unpaired) electrons. The second-order valence-electron chi connectivity index (χ2n) is 6.21. The Kier molecular flexibility index (Phi) is 6.30. The highest BCUT2D eigenvalue weighted by Gasteiger charge is 2.73. The Balaban J connectivity index is 2.20. The number of carbonyl (C=O) groups is 1. The molecule has 0 saturated heterocycles. The molecule has 0 aliphatic carbocycles. The average Bonchev–Trinajstić information content (AvgIpc) is 2.69. The van der Waals surface area contributed by atoms with Crippen molar-refractivity contribution >= 4 is 11.6 Å². The lowest BCUT2D eigenvalue weighted by atomic mass is 9.93. The first-order chi connectivity index (χ1) is 13.8. The molecule has 0 heterocycles. The van der Waals surface area contributed by atoms with Crippen LogP contribution in [0.15, 0.2) is 48.5 Å². The summed E-state index contributed by atoms with van der Waals surface area (Å²) in [6.45, 7) is -0.249. The molecule has 0 aliphatic rings. The maximum Gasteiger partial charge on any atom is 0.435 e. The summed E-state index contributed by atoms with van der Waals surface area (Å²) >= 11 is 0. The Labute approximate surface area is 166 Å². The number of benzene rings is 2. The number of amides is 1. The fourth-order valence-corrected chi connectivity index (χ4v) is 2.63. The molecule has 11 heteroatoms. The van der Waals surface area contributed by atoms with Crippen molar-refractivity contribution in [3.63, 3.8) is 0 Å². The van der Waals surface area contributed by atoms with Gasteiger partial charge in [-0.05, 0) is 17.7 Å². The number of nitriles is 1. The van der Waals surface area contributed by atoms with Gasteiger partial charge in [-0.2, -0.15) is 31.6 Å². The first-order valence-electron chi connectivity index (χ1n) is 8.25. The van der Waals surface area contributed by atoms with Crippen LogP contribution < -0.4 is 10.2 Å². The second-order valence-corrected chi connectivity index (χ2v) is 6.21. The Morgan fingerprint density at radius 1 is 0.967 bits per heavy atom. The summed E-state index contributed by atoms with van der Waals surface area (Å²) in [5.41, 5.74) is -6.55. The van der Waals surface area contributed by atoms with Crippen LogP contribution in [0.5, 0.6) is 0 Å². The van der Waals surface area contributed by atoms with Crippen LogP contribution in [0.1, 0.15) is 21.5 Å². The van der Waals surface area contributed by atoms with Crippen molar-refractivity contribution in [1.29, 1.82) is 5.26 Å². The van der Waals surface area contributed by atoms with Gasteiger partial charge in [-0.1, -0.05) is 36.4 Å². The molecule has 0 aromatic heterocycles. The number of halogens is 7. The predicted octanol–water partition coefficient (Wildman–Crippen LogP) is 4.82. The van der Waals surface area contributed by atoms with Crippen molar-refractivity contribution in [2.24, 2.45) is 0 Å². The van der Waals surface area contributed by atoms with E-state index in [9.17, 15) is 35.5 Å². The van der Waals surface area contributed by atoms with Crippen LogP contribution in [0.2, 0.25) is 0 Å². The van der Waals surface area contributed by atoms with Crippen LogP contribution in [0.25, 0.3) is 0 Å². The van der Waals surface area contributed by atoms with Gasteiger partial charge in [0.15, 0.2) is 6.19 Å². The standard InChI is InChI=1S/C19H14F7N3O/c1-29(11-27)15-5-3-2-4-14(15)16(30)28-10-12-6-8-13(9-7-12)17(20,18(21,22)23)19(24,25)26/h2-9H,10H2,1H3,(H,28,30). The number of carbonyl (C=O) groups excluding carboxylic acids is 1. The topological polar surface area (TPSA) is 56.1 Å². The second kappa shape index (κ2) is 8.22. The first kappa shape index (κ1) is 23.0. The number of para-hydroxylation sites is 1. The molecule has 0 unspecified atom stereocenters. The minimum atomic E-state index is -6.20. The van der Waals surface area contributed by atoms with Gasteiger partial charge < -0.3 is 5.32 Å². The molecule has 0 atom stereocenters. The zero-order valence-corrected chi connectivity index (χ0v) is 15.3. The molecule has 0 saturated carbocycles. The molecule has 0 spiro atoms. The van der Waals surface area contributed by atoms with E-state index in [0.717, 1.165) is 17.0 Å². The summed E-state index contributed by atoms with van der Waals surface area (Å²) < 4.78 is 90.7. The fraction of sp³-hybridized carbons (Fsp3) is 0.263. The van der Waals surface area contributed by atoms with E-state index in [1.165, 1.54) is 19.2 Å². The van der Waals surface area contributed by atoms with Gasteiger partial charge in [0.2, 0.25) is 0 Å². The van der Waals surface area contributed by atoms with Crippen LogP contribution in [0.3, 0.4) is 0 Å². The minimum absolute atomic E-state index is 0.134. The molecule has 0 bridgehead atoms. The van der Waals surface area contributed by atoms with E-state index >= 15 is 0 Å². The Morgan fingerprint density at radius 2 is 1.50 bits per heavy atom. The van der Waals surface area contributed by atoms with Crippen molar-refractivity contribution in [2.75, 3.05) is 11.9 Å². The highest BCUT2D eigenvalue weighted by atomic mass is 19.4. The van der Waals surface area contributed by atoms with Gasteiger partial charge in [-0.25, -0.2) is 4.39 Å². The number of nitrogens with zero attached hydrogens (tertiary/aromatic N) is 2. The van der Waals surface area contributed by atoms with Gasteiger partial charge in [-0.3, -0.25) is 9.69 Å². The van der Waals surface area contributed by atoms with Gasteiger partial charge in [0.25, 0.3) is 5.91 Å². The van der Waals surface area contributed by atoms with Gasteiger partial charge in [0.1, 0.15) is 0 Å². The summed E-state index contributed by atoms with van der Waals surface area (Å²) in [7, 11) is 1.43. The van der Waals surface area contributed by atoms with Gasteiger partial charge >= 0.3 is 18.0 Å². The van der Waals surface area contributed by atoms with Crippen molar-refractivity contribution in [2.45, 2.75) is 24.6 Å². The van der Waals surface area contributed by atoms with Crippen molar-refractivity contribution in [3.05, 3.63) is 65.2 Å².